The highest BCUT2D eigenvalue weighted by atomic mass is 16.3. The fourth-order valence-electron chi connectivity index (χ4n) is 8.41. The summed E-state index contributed by atoms with van der Waals surface area (Å²) in [5.41, 5.74) is 24.1. The van der Waals surface area contributed by atoms with Crippen molar-refractivity contribution in [2.45, 2.75) is 185 Å². The average molecular weight is 1100 g/mol. The first-order valence-electron chi connectivity index (χ1n) is 27.2. The van der Waals surface area contributed by atoms with Crippen LogP contribution in [0.4, 0.5) is 0 Å². The predicted molar refractivity (Wildman–Crippen MR) is 291 cm³/mol. The molecule has 26 nitrogen and oxygen atoms in total. The third-order valence-corrected chi connectivity index (χ3v) is 13.2. The number of nitrogens with two attached hydrogens (primary N) is 4. The molecule has 440 valence electrons. The highest BCUT2D eigenvalue weighted by Gasteiger charge is 2.37. The molecule has 0 spiro atoms. The minimum Gasteiger partial charge on any atom is -0.391 e. The fraction of sp³-hybridized carbons (Fsp3) is 0.692. The molecule has 1 heterocycles. The smallest absolute Gasteiger partial charge is 0.245 e. The van der Waals surface area contributed by atoms with Gasteiger partial charge >= 0.3 is 0 Å². The van der Waals surface area contributed by atoms with E-state index in [1.54, 1.807) is 44.2 Å². The molecule has 0 radical (unpaired) electrons. The maximum absolute atomic E-state index is 14.4. The number of aliphatic hydroxyl groups excluding tert-OH is 2. The molecule has 0 aromatic heterocycles. The number of rotatable bonds is 25. The number of benzene rings is 1. The van der Waals surface area contributed by atoms with Crippen molar-refractivity contribution in [1.29, 1.82) is 0 Å². The van der Waals surface area contributed by atoms with Crippen LogP contribution in [-0.2, 0) is 54.4 Å². The Balaban J connectivity index is 2.69. The lowest BCUT2D eigenvalue weighted by molar-refractivity contribution is -0.136. The summed E-state index contributed by atoms with van der Waals surface area (Å²) in [6.07, 6.45) is -0.751. The Morgan fingerprint density at radius 1 is 0.615 bits per heavy atom. The molecule has 1 aliphatic heterocycles. The molecule has 12 unspecified atom stereocenters. The molecule has 0 aliphatic carbocycles. The van der Waals surface area contributed by atoms with E-state index < -0.39 is 139 Å². The van der Waals surface area contributed by atoms with Gasteiger partial charge in [-0.15, -0.1) is 0 Å². The van der Waals surface area contributed by atoms with Gasteiger partial charge in [0.2, 0.25) is 59.1 Å². The summed E-state index contributed by atoms with van der Waals surface area (Å²) in [6.45, 7) is 9.29. The van der Waals surface area contributed by atoms with Crippen molar-refractivity contribution in [3.8, 4) is 0 Å². The molecule has 12 atom stereocenters. The fourth-order valence-corrected chi connectivity index (χ4v) is 8.41. The molecule has 1 saturated heterocycles. The number of amides is 10. The van der Waals surface area contributed by atoms with Gasteiger partial charge in [-0.2, -0.15) is 0 Å². The van der Waals surface area contributed by atoms with Gasteiger partial charge in [0.1, 0.15) is 54.4 Å². The van der Waals surface area contributed by atoms with Crippen molar-refractivity contribution in [2.75, 3.05) is 32.7 Å². The molecule has 0 bridgehead atoms. The van der Waals surface area contributed by atoms with Crippen molar-refractivity contribution < 1.29 is 58.2 Å². The number of hydrogen-bond acceptors (Lipinski definition) is 16. The summed E-state index contributed by atoms with van der Waals surface area (Å²) in [5.74, 6) is -8.32. The normalized spacial score (nSPS) is 23.6. The second kappa shape index (κ2) is 36.0. The predicted octanol–water partition coefficient (Wildman–Crippen LogP) is -4.08. The van der Waals surface area contributed by atoms with Gasteiger partial charge in [0.05, 0.1) is 12.2 Å². The van der Waals surface area contributed by atoms with Gasteiger partial charge in [0.25, 0.3) is 0 Å². The van der Waals surface area contributed by atoms with E-state index in [-0.39, 0.29) is 77.0 Å². The number of carbonyl (C=O) groups excluding carboxylic acids is 10. The van der Waals surface area contributed by atoms with Crippen LogP contribution in [-0.4, -0.2) is 169 Å². The molecular weight excluding hydrogens is 1010 g/mol. The zero-order valence-electron chi connectivity index (χ0n) is 46.2. The van der Waals surface area contributed by atoms with Crippen LogP contribution in [0.2, 0.25) is 0 Å². The topological polar surface area (TPSA) is 436 Å². The van der Waals surface area contributed by atoms with E-state index in [0.29, 0.717) is 17.9 Å². The average Bonchev–Trinajstić information content (AvgIpc) is 3.38. The highest BCUT2D eigenvalue weighted by molar-refractivity contribution is 5.99. The molecule has 26 heteroatoms. The number of hydrogen-bond donors (Lipinski definition) is 16. The number of carbonyl (C=O) groups is 10. The summed E-state index contributed by atoms with van der Waals surface area (Å²) in [5, 5.41) is 47.0. The Morgan fingerprint density at radius 3 is 1.64 bits per heavy atom. The lowest BCUT2D eigenvalue weighted by Crippen LogP contribution is -2.61. The van der Waals surface area contributed by atoms with Crippen LogP contribution < -0.4 is 76.1 Å². The van der Waals surface area contributed by atoms with Crippen molar-refractivity contribution in [3.05, 3.63) is 35.9 Å². The third-order valence-electron chi connectivity index (χ3n) is 13.2. The maximum atomic E-state index is 14.4. The second-order valence-corrected chi connectivity index (χ2v) is 20.4. The van der Waals surface area contributed by atoms with E-state index in [1.165, 1.54) is 13.8 Å². The lowest BCUT2D eigenvalue weighted by atomic mass is 10.00. The third kappa shape index (κ3) is 24.1. The van der Waals surface area contributed by atoms with Crippen molar-refractivity contribution in [1.82, 2.24) is 53.2 Å². The minimum atomic E-state index is -1.66. The van der Waals surface area contributed by atoms with E-state index in [4.69, 9.17) is 22.9 Å². The maximum Gasteiger partial charge on any atom is 0.245 e. The second-order valence-electron chi connectivity index (χ2n) is 20.4. The molecule has 1 aromatic carbocycles. The molecule has 1 aliphatic rings. The molecule has 2 rings (SSSR count). The number of aliphatic hydroxyl groups is 2. The van der Waals surface area contributed by atoms with Crippen LogP contribution in [0.3, 0.4) is 0 Å². The Labute approximate surface area is 457 Å². The van der Waals surface area contributed by atoms with Crippen molar-refractivity contribution in [2.24, 2.45) is 34.8 Å². The Hall–Kier alpha value is -6.32. The van der Waals surface area contributed by atoms with Crippen LogP contribution in [0, 0.1) is 11.8 Å². The van der Waals surface area contributed by atoms with Crippen LogP contribution in [0.1, 0.15) is 118 Å². The van der Waals surface area contributed by atoms with E-state index in [1.807, 2.05) is 0 Å². The largest absolute Gasteiger partial charge is 0.391 e. The lowest BCUT2D eigenvalue weighted by Gasteiger charge is -2.28. The summed E-state index contributed by atoms with van der Waals surface area (Å²) in [6, 6.07) is -4.45. The molecule has 20 N–H and O–H groups in total. The number of unbranched alkanes of at least 4 members (excludes halogenated alkanes) is 1. The van der Waals surface area contributed by atoms with Crippen molar-refractivity contribution >= 4 is 59.1 Å². The van der Waals surface area contributed by atoms with Gasteiger partial charge in [-0.05, 0) is 102 Å². The summed E-state index contributed by atoms with van der Waals surface area (Å²) < 4.78 is 0. The first-order valence-corrected chi connectivity index (χ1v) is 27.2. The molecule has 1 fully saturated rings. The van der Waals surface area contributed by atoms with Gasteiger partial charge in [-0.3, -0.25) is 47.9 Å². The Bertz CT molecular complexity index is 2100. The van der Waals surface area contributed by atoms with Crippen LogP contribution in [0.25, 0.3) is 0 Å². The summed E-state index contributed by atoms with van der Waals surface area (Å²) in [7, 11) is 0. The summed E-state index contributed by atoms with van der Waals surface area (Å²) in [4.78, 5) is 139. The first kappa shape index (κ1) is 67.8. The van der Waals surface area contributed by atoms with Gasteiger partial charge < -0.3 is 86.3 Å². The van der Waals surface area contributed by atoms with Gasteiger partial charge in [0, 0.05) is 19.4 Å². The van der Waals surface area contributed by atoms with Crippen LogP contribution in [0.15, 0.2) is 30.3 Å². The van der Waals surface area contributed by atoms with Crippen LogP contribution in [0.5, 0.6) is 0 Å². The Kier molecular flexibility index (Phi) is 31.3. The standard InChI is InChI=1S/C52H90N14O12/c1-7-30(4)13-11-12-16-41(69)65-43(32(6)68)52(78)62-36(19-24-55)45(71)61-38-21-26-57-51(77)42(31(5)67)66-48(74)37(20-25-56)59-44(70)34(17-22-53)60-49(75)39(27-29(2)3)63-50(76)40(28-33-14-9-8-10-15-33)64-46(72)35(18-23-54)58-47(38)73/h8-10,14-15,29-32,34-40,42-43,67-68H,7,11-13,16-28,53-56H2,1-6H3,(H,57,77)(H,58,73)(H,59,70)(H,60,75)(H,61,71)(H,62,78)(H,63,76)(H,64,72)(H,65,69)(H,66,74). The number of nitrogens with one attached hydrogen (secondary N) is 10. The SMILES string of the molecule is CCC(C)CCCCC(=O)NC(C(=O)NC(CCN)C(=O)NC1CCNC(=O)C(C(C)O)NC(=O)C(CCN)NC(=O)C(CCN)NC(=O)C(CC(C)C)NC(=O)C(Cc2ccccc2)NC(=O)C(CCN)NC1=O)C(C)O. The zero-order valence-corrected chi connectivity index (χ0v) is 46.2. The molecular formula is C52H90N14O12. The zero-order chi connectivity index (χ0) is 58.5. The molecule has 10 amide bonds. The first-order chi connectivity index (χ1) is 37.0. The Morgan fingerprint density at radius 2 is 1.13 bits per heavy atom. The monoisotopic (exact) mass is 1100 g/mol. The minimum absolute atomic E-state index is 0.0623. The van der Waals surface area contributed by atoms with Gasteiger partial charge in [0.15, 0.2) is 0 Å². The van der Waals surface area contributed by atoms with E-state index in [0.717, 1.165) is 19.3 Å². The van der Waals surface area contributed by atoms with Gasteiger partial charge in [-0.25, -0.2) is 0 Å². The highest BCUT2D eigenvalue weighted by Crippen LogP contribution is 2.14. The summed E-state index contributed by atoms with van der Waals surface area (Å²) >= 11 is 0. The van der Waals surface area contributed by atoms with Crippen LogP contribution >= 0.6 is 0 Å². The van der Waals surface area contributed by atoms with E-state index in [2.05, 4.69) is 67.0 Å². The quantitative estimate of drug-likeness (QED) is 0.0414. The molecule has 1 aromatic rings. The van der Waals surface area contributed by atoms with E-state index in [9.17, 15) is 58.2 Å². The van der Waals surface area contributed by atoms with Gasteiger partial charge in [-0.1, -0.05) is 77.3 Å². The van der Waals surface area contributed by atoms with Crippen molar-refractivity contribution in [3.63, 3.8) is 0 Å². The molecule has 78 heavy (non-hydrogen) atoms. The van der Waals surface area contributed by atoms with E-state index >= 15 is 0 Å². The molecule has 0 saturated carbocycles.